The summed E-state index contributed by atoms with van der Waals surface area (Å²) in [5, 5.41) is 20.2. The number of nitrogens with zero attached hydrogens (tertiary/aromatic N) is 10. The van der Waals surface area contributed by atoms with Crippen LogP contribution in [0.1, 0.15) is 0 Å². The molecule has 8 heterocycles. The maximum atomic E-state index is 5.38. The Morgan fingerprint density at radius 2 is 0.536 bits per heavy atom. The van der Waals surface area contributed by atoms with Crippen LogP contribution in [0.15, 0.2) is 376 Å². The molecule has 0 fully saturated rings. The molecule has 0 unspecified atom stereocenters. The second kappa shape index (κ2) is 27.9. The molecule has 0 saturated carbocycles. The maximum Gasteiger partial charge on any atom is 0.165 e. The normalized spacial score (nSPS) is 11.6. The van der Waals surface area contributed by atoms with Gasteiger partial charge < -0.3 is 0 Å². The summed E-state index contributed by atoms with van der Waals surface area (Å²) in [6.07, 6.45) is 0. The molecule has 12 heteroatoms. The van der Waals surface area contributed by atoms with Gasteiger partial charge in [0.1, 0.15) is 11.4 Å². The third-order valence-corrected chi connectivity index (χ3v) is 23.3. The van der Waals surface area contributed by atoms with Crippen molar-refractivity contribution in [3.63, 3.8) is 0 Å². The van der Waals surface area contributed by atoms with Crippen molar-refractivity contribution in [1.29, 1.82) is 0 Å². The van der Waals surface area contributed by atoms with Crippen molar-refractivity contribution in [2.75, 3.05) is 0 Å². The fourth-order valence-electron chi connectivity index (χ4n) is 15.7. The molecular formula is C100H62N10S2. The number of thiophene rings is 2. The Labute approximate surface area is 651 Å². The van der Waals surface area contributed by atoms with Crippen LogP contribution in [-0.4, -0.2) is 49.1 Å². The highest BCUT2D eigenvalue weighted by Crippen LogP contribution is 2.46. The molecule has 0 aliphatic carbocycles. The lowest BCUT2D eigenvalue weighted by atomic mass is 9.96. The highest BCUT2D eigenvalue weighted by molar-refractivity contribution is 7.26. The molecule has 0 amide bonds. The van der Waals surface area contributed by atoms with Gasteiger partial charge in [-0.1, -0.05) is 340 Å². The molecule has 0 N–H and O–H groups in total. The van der Waals surface area contributed by atoms with Gasteiger partial charge in [-0.3, -0.25) is 0 Å². The zero-order chi connectivity index (χ0) is 74.0. The van der Waals surface area contributed by atoms with Crippen molar-refractivity contribution < 1.29 is 0 Å². The number of aromatic nitrogens is 10. The Hall–Kier alpha value is -14.6. The summed E-state index contributed by atoms with van der Waals surface area (Å²) in [6, 6.07) is 131. The van der Waals surface area contributed by atoms with Gasteiger partial charge in [0.15, 0.2) is 34.9 Å². The third-order valence-electron chi connectivity index (χ3n) is 21.0. The molecule has 0 bridgehead atoms. The largest absolute Gasteiger partial charge is 0.231 e. The molecule has 524 valence electrons. The average molecular weight is 1470 g/mol. The first-order chi connectivity index (χ1) is 55.5. The van der Waals surface area contributed by atoms with Crippen LogP contribution in [0.4, 0.5) is 0 Å². The van der Waals surface area contributed by atoms with Gasteiger partial charge in [-0.05, 0) is 58.3 Å². The molecule has 22 aromatic rings. The fourth-order valence-corrected chi connectivity index (χ4v) is 18.0. The van der Waals surface area contributed by atoms with Gasteiger partial charge in [-0.15, -0.1) is 22.7 Å². The van der Waals surface area contributed by atoms with Gasteiger partial charge >= 0.3 is 0 Å². The van der Waals surface area contributed by atoms with Gasteiger partial charge in [-0.2, -0.15) is 10.2 Å². The predicted molar refractivity (Wildman–Crippen MR) is 463 cm³/mol. The van der Waals surface area contributed by atoms with Crippen molar-refractivity contribution in [3.8, 4) is 136 Å². The van der Waals surface area contributed by atoms with Crippen LogP contribution in [0.2, 0.25) is 0 Å². The summed E-state index contributed by atoms with van der Waals surface area (Å²) in [6.45, 7) is 0. The molecule has 0 radical (unpaired) electrons. The molecule has 0 atom stereocenters. The van der Waals surface area contributed by atoms with E-state index in [2.05, 4.69) is 337 Å². The SMILES string of the molecule is c1ccc(-c2nc(-c3ccc(-c4c(-c5ccccc5)nn5c(-c6ccccc6)cc6ccccc6c45)cc3)nc(-c3cccc4c3sc3ccccc34)n2)cc1.c1ccc(-c2nc(-c3ccc(-c4c(-c5ccccc5)nn5c(-c6ccccc6)cc6ccccc6c45)cc3)nc(-c3cccc4sc5ccccc5c34)n2)cc1. The van der Waals surface area contributed by atoms with E-state index in [9.17, 15) is 0 Å². The van der Waals surface area contributed by atoms with Crippen molar-refractivity contribution >= 4 is 95.6 Å². The molecular weight excluding hydrogens is 1410 g/mol. The molecule has 22 rings (SSSR count). The summed E-state index contributed by atoms with van der Waals surface area (Å²) in [4.78, 5) is 30.7. The molecule has 0 spiro atoms. The van der Waals surface area contributed by atoms with Crippen LogP contribution in [0.3, 0.4) is 0 Å². The highest BCUT2D eigenvalue weighted by atomic mass is 32.1. The Morgan fingerprint density at radius 1 is 0.214 bits per heavy atom. The van der Waals surface area contributed by atoms with Crippen molar-refractivity contribution in [3.05, 3.63) is 376 Å². The Bertz CT molecular complexity index is 7330. The smallest absolute Gasteiger partial charge is 0.165 e. The number of pyridine rings is 2. The van der Waals surface area contributed by atoms with E-state index < -0.39 is 0 Å². The molecule has 0 aliphatic rings. The number of fused-ring (bicyclic) bond motifs is 12. The fraction of sp³-hybridized carbons (Fsp3) is 0. The summed E-state index contributed by atoms with van der Waals surface area (Å²) in [7, 11) is 0. The van der Waals surface area contributed by atoms with E-state index in [-0.39, 0.29) is 0 Å². The lowest BCUT2D eigenvalue weighted by molar-refractivity contribution is 0.979. The van der Waals surface area contributed by atoms with Crippen LogP contribution in [0.5, 0.6) is 0 Å². The third kappa shape index (κ3) is 11.7. The zero-order valence-corrected chi connectivity index (χ0v) is 61.7. The van der Waals surface area contributed by atoms with Crippen LogP contribution in [-0.2, 0) is 0 Å². The highest BCUT2D eigenvalue weighted by Gasteiger charge is 2.26. The zero-order valence-electron chi connectivity index (χ0n) is 60.1. The van der Waals surface area contributed by atoms with Crippen LogP contribution < -0.4 is 0 Å². The van der Waals surface area contributed by atoms with Crippen molar-refractivity contribution in [1.82, 2.24) is 49.1 Å². The number of rotatable bonds is 12. The molecule has 0 aliphatic heterocycles. The standard InChI is InChI=1S/2C50H31N5S/c1-4-15-32(16-5-1)42-31-37-21-10-11-22-38(37)46-44(45(54-55(42)46)34-17-6-2-7-18-34)33-27-29-36(30-28-33)49-51-48(35-19-8-3-9-20-35)52-50(53-49)41-25-14-24-40-39-23-12-13-26-43(39)56-47(40)41;1-4-15-32(16-5-1)41-31-37-21-10-11-22-38(37)47-44(46(54-55(41)47)34-17-6-2-7-18-34)33-27-29-36(30-28-33)49-51-48(35-19-8-3-9-20-35)52-50(53-49)40-24-14-26-43-45(40)39-23-12-13-25-42(39)56-43/h2*1-31H. The van der Waals surface area contributed by atoms with Crippen LogP contribution in [0, 0.1) is 0 Å². The van der Waals surface area contributed by atoms with Crippen molar-refractivity contribution in [2.24, 2.45) is 0 Å². The quantitative estimate of drug-likeness (QED) is 0.119. The lowest BCUT2D eigenvalue weighted by Gasteiger charge is -2.11. The molecule has 112 heavy (non-hydrogen) atoms. The average Bonchev–Trinajstić information content (AvgIpc) is 1.57. The van der Waals surface area contributed by atoms with Gasteiger partial charge in [0.25, 0.3) is 0 Å². The van der Waals surface area contributed by atoms with E-state index in [0.29, 0.717) is 34.9 Å². The number of hydrogen-bond donors (Lipinski definition) is 0. The van der Waals surface area contributed by atoms with Crippen LogP contribution >= 0.6 is 22.7 Å². The van der Waals surface area contributed by atoms with E-state index in [1.54, 1.807) is 22.7 Å². The van der Waals surface area contributed by atoms with Gasteiger partial charge in [-0.25, -0.2) is 38.9 Å². The van der Waals surface area contributed by atoms with Crippen molar-refractivity contribution in [2.45, 2.75) is 0 Å². The molecule has 10 nitrogen and oxygen atoms in total. The summed E-state index contributed by atoms with van der Waals surface area (Å²) in [5.74, 6) is 3.84. The molecule has 8 aromatic heterocycles. The predicted octanol–water partition coefficient (Wildman–Crippen LogP) is 26.1. The van der Waals surface area contributed by atoms with Crippen LogP contribution in [0.25, 0.3) is 209 Å². The second-order valence-electron chi connectivity index (χ2n) is 27.7. The van der Waals surface area contributed by atoms with E-state index in [4.69, 9.17) is 40.1 Å². The Morgan fingerprint density at radius 3 is 1.00 bits per heavy atom. The number of benzene rings is 14. The topological polar surface area (TPSA) is 112 Å². The minimum Gasteiger partial charge on any atom is -0.231 e. The Kier molecular flexibility index (Phi) is 16.4. The van der Waals surface area contributed by atoms with E-state index in [0.717, 1.165) is 133 Å². The molecule has 14 aromatic carbocycles. The monoisotopic (exact) mass is 1470 g/mol. The minimum absolute atomic E-state index is 0.622. The van der Waals surface area contributed by atoms with Gasteiger partial charge in [0, 0.05) is 118 Å². The minimum atomic E-state index is 0.622. The van der Waals surface area contributed by atoms with E-state index in [1.807, 2.05) is 48.5 Å². The summed E-state index contributed by atoms with van der Waals surface area (Å²) < 4.78 is 9.12. The van der Waals surface area contributed by atoms with Gasteiger partial charge in [0.2, 0.25) is 0 Å². The lowest BCUT2D eigenvalue weighted by Crippen LogP contribution is -2.00. The Balaban J connectivity index is 0.000000141. The molecule has 0 saturated heterocycles. The van der Waals surface area contributed by atoms with Gasteiger partial charge in [0.05, 0.1) is 22.4 Å². The summed E-state index contributed by atoms with van der Waals surface area (Å²) >= 11 is 3.57. The second-order valence-corrected chi connectivity index (χ2v) is 29.9. The number of hydrogen-bond acceptors (Lipinski definition) is 10. The first-order valence-electron chi connectivity index (χ1n) is 37.3. The van der Waals surface area contributed by atoms with E-state index in [1.165, 1.54) is 40.3 Å². The first-order valence-corrected chi connectivity index (χ1v) is 38.9. The first kappa shape index (κ1) is 65.7. The summed E-state index contributed by atoms with van der Waals surface area (Å²) in [5.41, 5.74) is 20.4. The maximum absolute atomic E-state index is 5.38. The van der Waals surface area contributed by atoms with E-state index >= 15 is 0 Å².